The number of aliphatic hydroxyl groups excluding tert-OH is 1. The van der Waals surface area contributed by atoms with Crippen molar-refractivity contribution in [1.29, 1.82) is 0 Å². The average Bonchev–Trinajstić information content (AvgIpc) is 2.03. The zero-order valence-electron chi connectivity index (χ0n) is 8.45. The second-order valence-corrected chi connectivity index (χ2v) is 4.22. The van der Waals surface area contributed by atoms with Crippen molar-refractivity contribution in [1.82, 2.24) is 4.90 Å². The van der Waals surface area contributed by atoms with Crippen LogP contribution in [0.5, 0.6) is 0 Å². The van der Waals surface area contributed by atoms with Crippen molar-refractivity contribution in [3.8, 4) is 0 Å². The molecule has 1 N–H and O–H groups in total. The molecule has 0 aromatic rings. The smallest absolute Gasteiger partial charge is 0.0664 e. The van der Waals surface area contributed by atoms with Gasteiger partial charge in [-0.05, 0) is 39.2 Å². The SMILES string of the molecule is CC(O)C(C)N1CCC[C@H](C)C1. The van der Waals surface area contributed by atoms with E-state index in [0.717, 1.165) is 19.0 Å². The maximum absolute atomic E-state index is 9.42. The highest BCUT2D eigenvalue weighted by atomic mass is 16.3. The number of hydrogen-bond acceptors (Lipinski definition) is 2. The highest BCUT2D eigenvalue weighted by Gasteiger charge is 2.23. The molecule has 12 heavy (non-hydrogen) atoms. The minimum atomic E-state index is -0.199. The number of piperidine rings is 1. The molecule has 72 valence electrons. The van der Waals surface area contributed by atoms with Crippen LogP contribution in [0.3, 0.4) is 0 Å². The fraction of sp³-hybridized carbons (Fsp3) is 1.00. The van der Waals surface area contributed by atoms with Crippen LogP contribution in [0.1, 0.15) is 33.6 Å². The van der Waals surface area contributed by atoms with E-state index in [1.54, 1.807) is 0 Å². The lowest BCUT2D eigenvalue weighted by molar-refractivity contribution is 0.0460. The summed E-state index contributed by atoms with van der Waals surface area (Å²) in [4.78, 5) is 2.40. The van der Waals surface area contributed by atoms with Gasteiger partial charge >= 0.3 is 0 Å². The molecule has 0 saturated carbocycles. The van der Waals surface area contributed by atoms with Gasteiger partial charge in [0.15, 0.2) is 0 Å². The Morgan fingerprint density at radius 2 is 2.08 bits per heavy atom. The first-order valence-corrected chi connectivity index (χ1v) is 5.03. The number of likely N-dealkylation sites (tertiary alicyclic amines) is 1. The topological polar surface area (TPSA) is 23.5 Å². The van der Waals surface area contributed by atoms with Crippen LogP contribution < -0.4 is 0 Å². The van der Waals surface area contributed by atoms with E-state index >= 15 is 0 Å². The molecule has 2 heteroatoms. The second kappa shape index (κ2) is 4.24. The van der Waals surface area contributed by atoms with Crippen LogP contribution in [0.15, 0.2) is 0 Å². The van der Waals surface area contributed by atoms with Gasteiger partial charge in [0.05, 0.1) is 6.10 Å². The molecular weight excluding hydrogens is 150 g/mol. The molecular formula is C10H21NO. The van der Waals surface area contributed by atoms with E-state index in [4.69, 9.17) is 0 Å². The third kappa shape index (κ3) is 2.46. The van der Waals surface area contributed by atoms with E-state index in [1.807, 2.05) is 6.92 Å². The third-order valence-electron chi connectivity index (χ3n) is 2.96. The highest BCUT2D eigenvalue weighted by molar-refractivity contribution is 4.77. The number of hydrogen-bond donors (Lipinski definition) is 1. The van der Waals surface area contributed by atoms with Gasteiger partial charge in [0.1, 0.15) is 0 Å². The number of aliphatic hydroxyl groups is 1. The van der Waals surface area contributed by atoms with Crippen molar-refractivity contribution in [3.05, 3.63) is 0 Å². The summed E-state index contributed by atoms with van der Waals surface area (Å²) < 4.78 is 0. The third-order valence-corrected chi connectivity index (χ3v) is 2.96. The van der Waals surface area contributed by atoms with Crippen molar-refractivity contribution in [2.24, 2.45) is 5.92 Å². The summed E-state index contributed by atoms with van der Waals surface area (Å²) in [6.45, 7) is 8.61. The first kappa shape index (κ1) is 10.0. The summed E-state index contributed by atoms with van der Waals surface area (Å²) in [6.07, 6.45) is 2.44. The zero-order chi connectivity index (χ0) is 9.14. The van der Waals surface area contributed by atoms with Gasteiger partial charge in [-0.3, -0.25) is 4.90 Å². The monoisotopic (exact) mass is 171 g/mol. The second-order valence-electron chi connectivity index (χ2n) is 4.22. The van der Waals surface area contributed by atoms with Gasteiger partial charge in [-0.1, -0.05) is 6.92 Å². The summed E-state index contributed by atoms with van der Waals surface area (Å²) >= 11 is 0. The fourth-order valence-electron chi connectivity index (χ4n) is 1.90. The molecule has 0 spiro atoms. The lowest BCUT2D eigenvalue weighted by Crippen LogP contribution is -2.45. The normalized spacial score (nSPS) is 31.5. The Labute approximate surface area is 75.6 Å². The minimum Gasteiger partial charge on any atom is -0.392 e. The molecule has 2 nitrogen and oxygen atoms in total. The van der Waals surface area contributed by atoms with Crippen LogP contribution in [0.4, 0.5) is 0 Å². The summed E-state index contributed by atoms with van der Waals surface area (Å²) in [5.41, 5.74) is 0. The van der Waals surface area contributed by atoms with Crippen LogP contribution >= 0.6 is 0 Å². The molecule has 2 unspecified atom stereocenters. The predicted octanol–water partition coefficient (Wildman–Crippen LogP) is 1.49. The lowest BCUT2D eigenvalue weighted by Gasteiger charge is -2.36. The van der Waals surface area contributed by atoms with E-state index in [-0.39, 0.29) is 6.10 Å². The van der Waals surface area contributed by atoms with Crippen LogP contribution in [0, 0.1) is 5.92 Å². The maximum Gasteiger partial charge on any atom is 0.0664 e. The minimum absolute atomic E-state index is 0.199. The Kier molecular flexibility index (Phi) is 3.53. The zero-order valence-corrected chi connectivity index (χ0v) is 8.45. The van der Waals surface area contributed by atoms with Gasteiger partial charge in [-0.2, -0.15) is 0 Å². The van der Waals surface area contributed by atoms with Gasteiger partial charge in [0, 0.05) is 12.6 Å². The largest absolute Gasteiger partial charge is 0.392 e. The Bertz CT molecular complexity index is 136. The predicted molar refractivity (Wildman–Crippen MR) is 51.1 cm³/mol. The van der Waals surface area contributed by atoms with Crippen molar-refractivity contribution in [2.75, 3.05) is 13.1 Å². The molecule has 0 aromatic heterocycles. The van der Waals surface area contributed by atoms with E-state index < -0.39 is 0 Å². The van der Waals surface area contributed by atoms with Crippen molar-refractivity contribution in [2.45, 2.75) is 45.8 Å². The summed E-state index contributed by atoms with van der Waals surface area (Å²) in [7, 11) is 0. The lowest BCUT2D eigenvalue weighted by atomic mass is 9.98. The summed E-state index contributed by atoms with van der Waals surface area (Å²) in [6, 6.07) is 0.327. The summed E-state index contributed by atoms with van der Waals surface area (Å²) in [5.74, 6) is 0.806. The average molecular weight is 171 g/mol. The molecule has 1 aliphatic heterocycles. The number of rotatable bonds is 2. The molecule has 3 atom stereocenters. The molecule has 1 heterocycles. The molecule has 0 bridgehead atoms. The fourth-order valence-corrected chi connectivity index (χ4v) is 1.90. The van der Waals surface area contributed by atoms with E-state index in [0.29, 0.717) is 6.04 Å². The molecule has 0 aliphatic carbocycles. The van der Waals surface area contributed by atoms with Crippen LogP contribution in [0.2, 0.25) is 0 Å². The molecule has 0 amide bonds. The standard InChI is InChI=1S/C10H21NO/c1-8-5-4-6-11(7-8)9(2)10(3)12/h8-10,12H,4-7H2,1-3H3/t8-,9?,10?/m0/s1. The number of nitrogens with zero attached hydrogens (tertiary/aromatic N) is 1. The molecule has 1 rings (SSSR count). The van der Waals surface area contributed by atoms with Gasteiger partial charge in [0.2, 0.25) is 0 Å². The van der Waals surface area contributed by atoms with E-state index in [2.05, 4.69) is 18.7 Å². The van der Waals surface area contributed by atoms with Gasteiger partial charge in [-0.25, -0.2) is 0 Å². The Hall–Kier alpha value is -0.0800. The van der Waals surface area contributed by atoms with Crippen LogP contribution in [-0.4, -0.2) is 35.2 Å². The summed E-state index contributed by atoms with van der Waals surface area (Å²) in [5, 5.41) is 9.42. The Morgan fingerprint density at radius 1 is 1.42 bits per heavy atom. The Balaban J connectivity index is 2.40. The van der Waals surface area contributed by atoms with Gasteiger partial charge in [-0.15, -0.1) is 0 Å². The molecule has 1 aliphatic rings. The maximum atomic E-state index is 9.42. The Morgan fingerprint density at radius 3 is 2.58 bits per heavy atom. The molecule has 0 radical (unpaired) electrons. The molecule has 1 fully saturated rings. The van der Waals surface area contributed by atoms with Crippen molar-refractivity contribution in [3.63, 3.8) is 0 Å². The first-order valence-electron chi connectivity index (χ1n) is 5.03. The highest BCUT2D eigenvalue weighted by Crippen LogP contribution is 2.18. The van der Waals surface area contributed by atoms with Crippen LogP contribution in [0.25, 0.3) is 0 Å². The van der Waals surface area contributed by atoms with Crippen molar-refractivity contribution >= 4 is 0 Å². The quantitative estimate of drug-likeness (QED) is 0.680. The van der Waals surface area contributed by atoms with E-state index in [9.17, 15) is 5.11 Å². The van der Waals surface area contributed by atoms with E-state index in [1.165, 1.54) is 12.8 Å². The van der Waals surface area contributed by atoms with Gasteiger partial charge < -0.3 is 5.11 Å². The molecule has 1 saturated heterocycles. The molecule has 0 aromatic carbocycles. The first-order chi connectivity index (χ1) is 5.61. The van der Waals surface area contributed by atoms with Gasteiger partial charge in [0.25, 0.3) is 0 Å². The van der Waals surface area contributed by atoms with Crippen LogP contribution in [-0.2, 0) is 0 Å². The van der Waals surface area contributed by atoms with Crippen molar-refractivity contribution < 1.29 is 5.11 Å².